The van der Waals surface area contributed by atoms with E-state index in [-0.39, 0.29) is 10.6 Å². The summed E-state index contributed by atoms with van der Waals surface area (Å²) in [6.45, 7) is 2.23. The zero-order chi connectivity index (χ0) is 19.4. The van der Waals surface area contributed by atoms with Crippen LogP contribution in [0.25, 0.3) is 0 Å². The Morgan fingerprint density at radius 2 is 1.46 bits per heavy atom. The molecule has 0 aliphatic heterocycles. The van der Waals surface area contributed by atoms with Crippen LogP contribution in [0.5, 0.6) is 0 Å². The minimum absolute atomic E-state index is 0.156. The van der Waals surface area contributed by atoms with Gasteiger partial charge in [-0.15, -0.1) is 0 Å². The fourth-order valence-electron chi connectivity index (χ4n) is 3.03. The second-order valence-electron chi connectivity index (χ2n) is 7.18. The molecule has 1 aromatic carbocycles. The van der Waals surface area contributed by atoms with E-state index in [0.717, 1.165) is 18.5 Å². The van der Waals surface area contributed by atoms with E-state index in [1.54, 1.807) is 12.1 Å². The van der Waals surface area contributed by atoms with Gasteiger partial charge in [0.05, 0.1) is 5.75 Å². The van der Waals surface area contributed by atoms with E-state index in [1.165, 1.54) is 44.9 Å². The number of nitrogens with two attached hydrogens (primary N) is 1. The van der Waals surface area contributed by atoms with Gasteiger partial charge in [-0.3, -0.25) is 0 Å². The summed E-state index contributed by atoms with van der Waals surface area (Å²) in [7, 11) is 0.397. The molecule has 0 unspecified atom stereocenters. The maximum atomic E-state index is 12.7. The van der Waals surface area contributed by atoms with Crippen LogP contribution in [0.15, 0.2) is 28.2 Å². The predicted octanol–water partition coefficient (Wildman–Crippen LogP) is 4.29. The second kappa shape index (κ2) is 12.0. The number of anilines is 1. The molecule has 0 amide bonds. The van der Waals surface area contributed by atoms with Crippen molar-refractivity contribution in [1.29, 1.82) is 0 Å². The first-order valence-electron chi connectivity index (χ1n) is 9.87. The van der Waals surface area contributed by atoms with Crippen molar-refractivity contribution in [2.24, 2.45) is 5.11 Å². The summed E-state index contributed by atoms with van der Waals surface area (Å²) in [4.78, 5) is 2.11. The number of nitrogens with zero attached hydrogens (tertiary/aromatic N) is 2. The van der Waals surface area contributed by atoms with Crippen LogP contribution < -0.4 is 10.4 Å². The fourth-order valence-corrected chi connectivity index (χ4v) is 4.57. The molecule has 0 spiro atoms. The summed E-state index contributed by atoms with van der Waals surface area (Å²) in [5, 5.41) is 3.64. The second-order valence-corrected chi connectivity index (χ2v) is 9.25. The average Bonchev–Trinajstić information content (AvgIpc) is 2.62. The van der Waals surface area contributed by atoms with Gasteiger partial charge in [0.1, 0.15) is 10.6 Å². The van der Waals surface area contributed by atoms with Gasteiger partial charge in [0, 0.05) is 19.8 Å². The Balaban J connectivity index is 2.42. The van der Waals surface area contributed by atoms with Crippen LogP contribution >= 0.6 is 0 Å². The van der Waals surface area contributed by atoms with E-state index < -0.39 is 9.84 Å². The Kier molecular flexibility index (Phi) is 10.5. The SMILES string of the molecule is CCCCCCCCCCCCS(=O)(=O)c1cc(N(C)C)ccc1N=[NH2+]. The molecule has 0 heterocycles. The molecule has 26 heavy (non-hydrogen) atoms. The molecule has 148 valence electrons. The zero-order valence-electron chi connectivity index (χ0n) is 16.7. The van der Waals surface area contributed by atoms with Gasteiger partial charge in [0.15, 0.2) is 9.84 Å². The molecule has 0 aromatic heterocycles. The Bertz CT molecular complexity index is 642. The van der Waals surface area contributed by atoms with Crippen molar-refractivity contribution in [3.8, 4) is 0 Å². The quantitative estimate of drug-likeness (QED) is 0.385. The van der Waals surface area contributed by atoms with E-state index in [9.17, 15) is 8.42 Å². The minimum Gasteiger partial charge on any atom is -0.378 e. The monoisotopic (exact) mass is 382 g/mol. The lowest BCUT2D eigenvalue weighted by molar-refractivity contribution is -0.210. The van der Waals surface area contributed by atoms with E-state index >= 15 is 0 Å². The molecule has 0 fully saturated rings. The van der Waals surface area contributed by atoms with E-state index in [4.69, 9.17) is 5.53 Å². The number of hydrogen-bond acceptors (Lipinski definition) is 4. The third kappa shape index (κ3) is 7.85. The van der Waals surface area contributed by atoms with Crippen LogP contribution in [-0.2, 0) is 9.84 Å². The van der Waals surface area contributed by atoms with Gasteiger partial charge in [0.2, 0.25) is 0 Å². The van der Waals surface area contributed by atoms with Gasteiger partial charge < -0.3 is 4.90 Å². The first-order chi connectivity index (χ1) is 12.4. The van der Waals surface area contributed by atoms with Crippen molar-refractivity contribution in [2.45, 2.75) is 76.0 Å². The molecule has 0 saturated carbocycles. The van der Waals surface area contributed by atoms with Crippen molar-refractivity contribution >= 4 is 21.2 Å². The highest BCUT2D eigenvalue weighted by Gasteiger charge is 2.20. The van der Waals surface area contributed by atoms with Crippen LogP contribution in [0, 0.1) is 0 Å². The fraction of sp³-hybridized carbons (Fsp3) is 0.700. The van der Waals surface area contributed by atoms with Crippen molar-refractivity contribution < 1.29 is 13.9 Å². The Hall–Kier alpha value is -1.43. The zero-order valence-corrected chi connectivity index (χ0v) is 17.5. The van der Waals surface area contributed by atoms with Crippen molar-refractivity contribution in [2.75, 3.05) is 24.7 Å². The van der Waals surface area contributed by atoms with E-state index in [2.05, 4.69) is 12.0 Å². The Morgan fingerprint density at radius 1 is 0.923 bits per heavy atom. The Labute approximate surface area is 159 Å². The van der Waals surface area contributed by atoms with Crippen molar-refractivity contribution in [3.63, 3.8) is 0 Å². The normalized spacial score (nSPS) is 11.5. The van der Waals surface area contributed by atoms with Gasteiger partial charge >= 0.3 is 0 Å². The lowest BCUT2D eigenvalue weighted by Gasteiger charge is -2.14. The van der Waals surface area contributed by atoms with Gasteiger partial charge in [-0.2, -0.15) is 5.53 Å². The third-order valence-corrected chi connectivity index (χ3v) is 6.52. The maximum Gasteiger partial charge on any atom is 0.180 e. The number of hydrogen-bond donors (Lipinski definition) is 1. The molecule has 0 radical (unpaired) electrons. The number of unbranched alkanes of at least 4 members (excludes halogenated alkanes) is 9. The Morgan fingerprint density at radius 3 is 1.96 bits per heavy atom. The minimum atomic E-state index is -3.37. The molecule has 5 nitrogen and oxygen atoms in total. The third-order valence-electron chi connectivity index (χ3n) is 4.70. The van der Waals surface area contributed by atoms with Gasteiger partial charge in [-0.05, 0) is 29.7 Å². The number of benzene rings is 1. The molecule has 1 aromatic rings. The topological polar surface area (TPSA) is 75.3 Å². The largest absolute Gasteiger partial charge is 0.378 e. The van der Waals surface area contributed by atoms with Gasteiger partial charge in [-0.1, -0.05) is 64.7 Å². The molecule has 0 aliphatic carbocycles. The standard InChI is InChI=1S/C20H35N3O2S/c1-4-5-6-7-8-9-10-11-12-13-16-26(24,25)20-17-18(23(2)3)14-15-19(20)22-21/h14-15,17,21H,4-13,16H2,1-3H3/p+1. The van der Waals surface area contributed by atoms with Crippen molar-refractivity contribution in [1.82, 2.24) is 0 Å². The van der Waals surface area contributed by atoms with Crippen LogP contribution in [0.2, 0.25) is 0 Å². The lowest BCUT2D eigenvalue weighted by atomic mass is 10.1. The number of rotatable bonds is 14. The lowest BCUT2D eigenvalue weighted by Crippen LogP contribution is -2.23. The maximum absolute atomic E-state index is 12.7. The molecule has 1 rings (SSSR count). The molecule has 2 N–H and O–H groups in total. The van der Waals surface area contributed by atoms with Crippen LogP contribution in [-0.4, -0.2) is 28.3 Å². The highest BCUT2D eigenvalue weighted by atomic mass is 32.2. The highest BCUT2D eigenvalue weighted by Crippen LogP contribution is 2.29. The van der Waals surface area contributed by atoms with Crippen LogP contribution in [0.4, 0.5) is 11.4 Å². The average molecular weight is 383 g/mol. The van der Waals surface area contributed by atoms with Crippen molar-refractivity contribution in [3.05, 3.63) is 18.2 Å². The molecule has 0 bridgehead atoms. The van der Waals surface area contributed by atoms with E-state index in [0.29, 0.717) is 12.1 Å². The first-order valence-corrected chi connectivity index (χ1v) is 11.5. The molecular weight excluding hydrogens is 346 g/mol. The van der Waals surface area contributed by atoms with Gasteiger partial charge in [-0.25, -0.2) is 8.42 Å². The first kappa shape index (κ1) is 22.6. The van der Waals surface area contributed by atoms with Crippen LogP contribution in [0.1, 0.15) is 71.1 Å². The smallest absolute Gasteiger partial charge is 0.180 e. The van der Waals surface area contributed by atoms with Gasteiger partial charge in [0.25, 0.3) is 0 Å². The van der Waals surface area contributed by atoms with Crippen LogP contribution in [0.3, 0.4) is 0 Å². The summed E-state index contributed by atoms with van der Waals surface area (Å²) in [5.41, 5.74) is 6.54. The number of sulfone groups is 1. The molecular formula is C20H36N3O2S+. The summed E-state index contributed by atoms with van der Waals surface area (Å²) < 4.78 is 25.4. The molecule has 6 heteroatoms. The molecule has 0 saturated heterocycles. The molecule has 0 aliphatic rings. The predicted molar refractivity (Wildman–Crippen MR) is 109 cm³/mol. The molecule has 0 atom stereocenters. The summed E-state index contributed by atoms with van der Waals surface area (Å²) >= 11 is 0. The summed E-state index contributed by atoms with van der Waals surface area (Å²) in [5.74, 6) is 0.156. The van der Waals surface area contributed by atoms with E-state index in [1.807, 2.05) is 25.1 Å². The highest BCUT2D eigenvalue weighted by molar-refractivity contribution is 7.91. The summed E-state index contributed by atoms with van der Waals surface area (Å²) in [6.07, 6.45) is 11.8. The summed E-state index contributed by atoms with van der Waals surface area (Å²) in [6, 6.07) is 5.16.